The van der Waals surface area contributed by atoms with E-state index in [0.717, 1.165) is 10.0 Å². The number of carbonyl (C=O) groups is 1. The lowest BCUT2D eigenvalue weighted by molar-refractivity contribution is -0.0204. The van der Waals surface area contributed by atoms with Gasteiger partial charge in [0.05, 0.1) is 12.7 Å². The number of pyridine rings is 1. The van der Waals surface area contributed by atoms with E-state index in [-0.39, 0.29) is 12.5 Å². The van der Waals surface area contributed by atoms with Crippen LogP contribution in [-0.4, -0.2) is 47.2 Å². The van der Waals surface area contributed by atoms with E-state index >= 15 is 0 Å². The molecular formula is C13H17BrN2O4. The van der Waals surface area contributed by atoms with Crippen LogP contribution in [0.25, 0.3) is 0 Å². The van der Waals surface area contributed by atoms with Crippen molar-refractivity contribution in [2.24, 2.45) is 0 Å². The Morgan fingerprint density at radius 2 is 2.40 bits per heavy atom. The first-order valence-corrected chi connectivity index (χ1v) is 7.25. The van der Waals surface area contributed by atoms with Crippen LogP contribution in [0, 0.1) is 0 Å². The number of aromatic nitrogens is 1. The Balaban J connectivity index is 2.44. The fourth-order valence-corrected chi connectivity index (χ4v) is 2.76. The Hall–Kier alpha value is -1.18. The molecule has 2 N–H and O–H groups in total. The molecule has 1 aromatic rings. The van der Waals surface area contributed by atoms with E-state index < -0.39 is 12.2 Å². The van der Waals surface area contributed by atoms with Crippen LogP contribution in [0.1, 0.15) is 24.8 Å². The number of hydrogen-bond donors (Lipinski definition) is 2. The van der Waals surface area contributed by atoms with Gasteiger partial charge in [0, 0.05) is 35.3 Å². The number of rotatable bonds is 3. The minimum Gasteiger partial charge on any atom is -0.465 e. The van der Waals surface area contributed by atoms with Crippen LogP contribution >= 0.6 is 15.9 Å². The van der Waals surface area contributed by atoms with Gasteiger partial charge < -0.3 is 14.9 Å². The lowest BCUT2D eigenvalue weighted by atomic mass is 9.89. The summed E-state index contributed by atoms with van der Waals surface area (Å²) in [6.07, 6.45) is 0.510. The quantitative estimate of drug-likeness (QED) is 0.878. The summed E-state index contributed by atoms with van der Waals surface area (Å²) < 4.78 is 5.99. The van der Waals surface area contributed by atoms with Crippen LogP contribution in [0.5, 0.6) is 0 Å². The van der Waals surface area contributed by atoms with Gasteiger partial charge in [0.1, 0.15) is 5.82 Å². The second kappa shape index (κ2) is 6.51. The van der Waals surface area contributed by atoms with E-state index in [1.165, 1.54) is 4.90 Å². The molecule has 0 unspecified atom stereocenters. The molecule has 1 aromatic heterocycles. The van der Waals surface area contributed by atoms with Crippen molar-refractivity contribution in [3.8, 4) is 0 Å². The number of halogens is 1. The largest absolute Gasteiger partial charge is 0.465 e. The zero-order valence-corrected chi connectivity index (χ0v) is 12.7. The fourth-order valence-electron chi connectivity index (χ4n) is 2.41. The maximum Gasteiger partial charge on any atom is 0.413 e. The van der Waals surface area contributed by atoms with Gasteiger partial charge in [0.15, 0.2) is 0 Å². The lowest BCUT2D eigenvalue weighted by Crippen LogP contribution is -2.35. The van der Waals surface area contributed by atoms with Crippen LogP contribution in [0.4, 0.5) is 10.6 Å². The number of nitrogens with zero attached hydrogens (tertiary/aromatic N) is 2. The summed E-state index contributed by atoms with van der Waals surface area (Å²) in [6, 6.07) is 1.83. The van der Waals surface area contributed by atoms with Gasteiger partial charge in [-0.15, -0.1) is 0 Å². The van der Waals surface area contributed by atoms with Crippen molar-refractivity contribution in [1.29, 1.82) is 0 Å². The summed E-state index contributed by atoms with van der Waals surface area (Å²) in [6.45, 7) is 2.86. The van der Waals surface area contributed by atoms with E-state index in [1.807, 2.05) is 6.07 Å². The summed E-state index contributed by atoms with van der Waals surface area (Å²) >= 11 is 3.35. The average molecular weight is 345 g/mol. The molecule has 0 aromatic carbocycles. The first kappa shape index (κ1) is 15.2. The molecule has 0 bridgehead atoms. The summed E-state index contributed by atoms with van der Waals surface area (Å²) in [7, 11) is 0. The van der Waals surface area contributed by atoms with E-state index in [0.29, 0.717) is 25.4 Å². The predicted octanol–water partition coefficient (Wildman–Crippen LogP) is 2.21. The highest BCUT2D eigenvalue weighted by molar-refractivity contribution is 9.10. The van der Waals surface area contributed by atoms with E-state index in [4.69, 9.17) is 4.74 Å². The molecule has 1 fully saturated rings. The molecule has 2 rings (SSSR count). The summed E-state index contributed by atoms with van der Waals surface area (Å²) in [5.74, 6) is 0.214. The molecule has 2 heterocycles. The smallest absolute Gasteiger partial charge is 0.413 e. The normalized spacial score (nSPS) is 22.6. The minimum absolute atomic E-state index is 0.169. The molecular weight excluding hydrogens is 328 g/mol. The molecule has 0 saturated carbocycles. The summed E-state index contributed by atoms with van der Waals surface area (Å²) in [5, 5.41) is 19.4. The monoisotopic (exact) mass is 344 g/mol. The summed E-state index contributed by atoms with van der Waals surface area (Å²) in [4.78, 5) is 16.7. The molecule has 0 spiro atoms. The van der Waals surface area contributed by atoms with Crippen molar-refractivity contribution in [2.45, 2.75) is 25.4 Å². The first-order chi connectivity index (χ1) is 9.54. The minimum atomic E-state index is -1.05. The number of amides is 1. The molecule has 0 aliphatic carbocycles. The third-order valence-electron chi connectivity index (χ3n) is 3.39. The van der Waals surface area contributed by atoms with Gasteiger partial charge in [-0.2, -0.15) is 0 Å². The zero-order valence-electron chi connectivity index (χ0n) is 11.1. The number of hydrogen-bond acceptors (Lipinski definition) is 4. The van der Waals surface area contributed by atoms with Gasteiger partial charge in [0.2, 0.25) is 0 Å². The van der Waals surface area contributed by atoms with Crippen LogP contribution in [0.2, 0.25) is 0 Å². The fraction of sp³-hybridized carbons (Fsp3) is 0.538. The molecule has 7 heteroatoms. The third-order valence-corrected chi connectivity index (χ3v) is 3.82. The van der Waals surface area contributed by atoms with Gasteiger partial charge in [-0.3, -0.25) is 4.90 Å². The summed E-state index contributed by atoms with van der Waals surface area (Å²) in [5.41, 5.74) is 0.736. The standard InChI is InChI=1S/C13H17BrN2O4/c1-2-16(13(18)19)12-10(5-8(14)6-15-12)9-3-4-20-7-11(9)17/h5-6,9,11,17H,2-4,7H2,1H3,(H,18,19)/t9-,11+/m1/s1. The van der Waals surface area contributed by atoms with Crippen molar-refractivity contribution >= 4 is 27.8 Å². The van der Waals surface area contributed by atoms with Gasteiger partial charge in [-0.25, -0.2) is 9.78 Å². The molecule has 6 nitrogen and oxygen atoms in total. The topological polar surface area (TPSA) is 82.9 Å². The second-order valence-electron chi connectivity index (χ2n) is 4.63. The molecule has 1 aliphatic rings. The SMILES string of the molecule is CCN(C(=O)O)c1ncc(Br)cc1[C@H]1CCOC[C@@H]1O. The average Bonchev–Trinajstić information content (AvgIpc) is 2.41. The molecule has 110 valence electrons. The maximum absolute atomic E-state index is 11.3. The number of aliphatic hydroxyl groups is 1. The van der Waals surface area contributed by atoms with Crippen molar-refractivity contribution in [3.05, 3.63) is 22.3 Å². The highest BCUT2D eigenvalue weighted by Gasteiger charge is 2.30. The second-order valence-corrected chi connectivity index (χ2v) is 5.55. The third kappa shape index (κ3) is 3.11. The highest BCUT2D eigenvalue weighted by Crippen LogP contribution is 2.34. The van der Waals surface area contributed by atoms with Crippen LogP contribution in [0.3, 0.4) is 0 Å². The van der Waals surface area contributed by atoms with Gasteiger partial charge in [-0.1, -0.05) is 0 Å². The Bertz CT molecular complexity index is 497. The van der Waals surface area contributed by atoms with Crippen molar-refractivity contribution in [3.63, 3.8) is 0 Å². The Labute approximate surface area is 125 Å². The van der Waals surface area contributed by atoms with Crippen molar-refractivity contribution in [1.82, 2.24) is 4.98 Å². The van der Waals surface area contributed by atoms with Crippen LogP contribution < -0.4 is 4.90 Å². The van der Waals surface area contributed by atoms with E-state index in [1.54, 1.807) is 13.1 Å². The first-order valence-electron chi connectivity index (χ1n) is 6.46. The van der Waals surface area contributed by atoms with Crippen molar-refractivity contribution in [2.75, 3.05) is 24.7 Å². The van der Waals surface area contributed by atoms with Crippen molar-refractivity contribution < 1.29 is 19.7 Å². The highest BCUT2D eigenvalue weighted by atomic mass is 79.9. The molecule has 1 aliphatic heterocycles. The lowest BCUT2D eigenvalue weighted by Gasteiger charge is -2.31. The molecule has 0 radical (unpaired) electrons. The molecule has 1 saturated heterocycles. The molecule has 1 amide bonds. The molecule has 2 atom stereocenters. The zero-order chi connectivity index (χ0) is 14.7. The van der Waals surface area contributed by atoms with Crippen LogP contribution in [0.15, 0.2) is 16.7 Å². The van der Waals surface area contributed by atoms with Gasteiger partial charge in [-0.05, 0) is 35.3 Å². The Kier molecular flexibility index (Phi) is 4.95. The van der Waals surface area contributed by atoms with E-state index in [9.17, 15) is 15.0 Å². The Morgan fingerprint density at radius 1 is 1.65 bits per heavy atom. The van der Waals surface area contributed by atoms with Crippen LogP contribution in [-0.2, 0) is 4.74 Å². The predicted molar refractivity (Wildman–Crippen MR) is 77.2 cm³/mol. The van der Waals surface area contributed by atoms with E-state index in [2.05, 4.69) is 20.9 Å². The Morgan fingerprint density at radius 3 is 3.00 bits per heavy atom. The molecule has 20 heavy (non-hydrogen) atoms. The number of carboxylic acid groups (broad SMARTS) is 1. The number of ether oxygens (including phenoxy) is 1. The van der Waals surface area contributed by atoms with Gasteiger partial charge in [0.25, 0.3) is 0 Å². The maximum atomic E-state index is 11.3. The van der Waals surface area contributed by atoms with Gasteiger partial charge >= 0.3 is 6.09 Å². The number of aliphatic hydroxyl groups excluding tert-OH is 1. The number of anilines is 1.